The van der Waals surface area contributed by atoms with Gasteiger partial charge in [0.25, 0.3) is 0 Å². The molecule has 0 spiro atoms. The van der Waals surface area contributed by atoms with E-state index in [0.29, 0.717) is 17.2 Å². The fourth-order valence-corrected chi connectivity index (χ4v) is 2.41. The quantitative estimate of drug-likeness (QED) is 0.769. The Labute approximate surface area is 108 Å². The van der Waals surface area contributed by atoms with E-state index in [1.165, 1.54) is 6.42 Å². The lowest BCUT2D eigenvalue weighted by Crippen LogP contribution is -2.28. The molecule has 0 heterocycles. The number of benzene rings is 1. The van der Waals surface area contributed by atoms with Crippen LogP contribution in [0.3, 0.4) is 0 Å². The van der Waals surface area contributed by atoms with E-state index in [2.05, 4.69) is 6.92 Å². The van der Waals surface area contributed by atoms with Crippen molar-refractivity contribution in [3.8, 4) is 5.75 Å². The Bertz CT molecular complexity index is 414. The fraction of sp³-hybridized carbons (Fsp3) is 0.533. The highest BCUT2D eigenvalue weighted by atomic mass is 16.5. The molecule has 0 N–H and O–H groups in total. The Morgan fingerprint density at radius 1 is 1.28 bits per heavy atom. The van der Waals surface area contributed by atoms with E-state index in [1.54, 1.807) is 25.3 Å². The van der Waals surface area contributed by atoms with Crippen LogP contribution in [-0.4, -0.2) is 19.2 Å². The van der Waals surface area contributed by atoms with E-state index in [4.69, 9.17) is 9.47 Å². The summed E-state index contributed by atoms with van der Waals surface area (Å²) in [6, 6.07) is 7.11. The van der Waals surface area contributed by atoms with Gasteiger partial charge in [0.2, 0.25) is 0 Å². The van der Waals surface area contributed by atoms with Crippen molar-refractivity contribution in [3.05, 3.63) is 29.8 Å². The van der Waals surface area contributed by atoms with Gasteiger partial charge in [-0.1, -0.05) is 19.4 Å². The van der Waals surface area contributed by atoms with Gasteiger partial charge in [-0.25, -0.2) is 4.79 Å². The van der Waals surface area contributed by atoms with Crippen molar-refractivity contribution < 1.29 is 14.3 Å². The van der Waals surface area contributed by atoms with Gasteiger partial charge in [0.15, 0.2) is 0 Å². The molecule has 0 radical (unpaired) electrons. The van der Waals surface area contributed by atoms with Gasteiger partial charge in [-0.05, 0) is 43.4 Å². The van der Waals surface area contributed by atoms with Crippen LogP contribution in [0.15, 0.2) is 24.3 Å². The number of hydrogen-bond acceptors (Lipinski definition) is 3. The zero-order valence-corrected chi connectivity index (χ0v) is 11.0. The van der Waals surface area contributed by atoms with Crippen LogP contribution >= 0.6 is 0 Å². The summed E-state index contributed by atoms with van der Waals surface area (Å²) in [5.41, 5.74) is 0.562. The number of methoxy groups -OCH3 is 1. The molecule has 0 aliphatic heterocycles. The molecule has 0 amide bonds. The molecule has 0 unspecified atom stereocenters. The lowest BCUT2D eigenvalue weighted by molar-refractivity contribution is 0.00478. The zero-order chi connectivity index (χ0) is 13.0. The van der Waals surface area contributed by atoms with Crippen LogP contribution in [0.4, 0.5) is 0 Å². The highest BCUT2D eigenvalue weighted by Gasteiger charge is 2.25. The minimum Gasteiger partial charge on any atom is -0.497 e. The van der Waals surface area contributed by atoms with Crippen LogP contribution in [0.1, 0.15) is 43.0 Å². The molecule has 1 aromatic carbocycles. The Kier molecular flexibility index (Phi) is 4.24. The van der Waals surface area contributed by atoms with Crippen LogP contribution < -0.4 is 4.74 Å². The molecule has 3 nitrogen and oxygen atoms in total. The van der Waals surface area contributed by atoms with E-state index < -0.39 is 0 Å². The summed E-state index contributed by atoms with van der Waals surface area (Å²) in [4.78, 5) is 12.0. The van der Waals surface area contributed by atoms with Crippen molar-refractivity contribution >= 4 is 5.97 Å². The molecule has 2 atom stereocenters. The lowest BCUT2D eigenvalue weighted by atomic mass is 9.88. The van der Waals surface area contributed by atoms with Gasteiger partial charge in [-0.3, -0.25) is 0 Å². The third-order valence-corrected chi connectivity index (χ3v) is 3.60. The van der Waals surface area contributed by atoms with Crippen molar-refractivity contribution in [2.75, 3.05) is 7.11 Å². The Morgan fingerprint density at radius 2 is 2.06 bits per heavy atom. The van der Waals surface area contributed by atoms with Crippen LogP contribution in [0.5, 0.6) is 5.75 Å². The first-order valence-electron chi connectivity index (χ1n) is 6.55. The minimum atomic E-state index is -0.243. The van der Waals surface area contributed by atoms with Crippen molar-refractivity contribution in [3.63, 3.8) is 0 Å². The maximum Gasteiger partial charge on any atom is 0.338 e. The second-order valence-corrected chi connectivity index (χ2v) is 4.94. The summed E-state index contributed by atoms with van der Waals surface area (Å²) in [5, 5.41) is 0. The fourth-order valence-electron chi connectivity index (χ4n) is 2.41. The molecule has 1 aliphatic rings. The molecule has 2 rings (SSSR count). The van der Waals surface area contributed by atoms with Gasteiger partial charge in [0, 0.05) is 0 Å². The van der Waals surface area contributed by atoms with E-state index in [1.807, 2.05) is 6.07 Å². The van der Waals surface area contributed by atoms with Crippen molar-refractivity contribution in [2.45, 2.75) is 38.7 Å². The van der Waals surface area contributed by atoms with Crippen LogP contribution in [-0.2, 0) is 4.74 Å². The number of carbonyl (C=O) groups excluding carboxylic acids is 1. The van der Waals surface area contributed by atoms with E-state index in [-0.39, 0.29) is 12.1 Å². The molecule has 18 heavy (non-hydrogen) atoms. The predicted octanol–water partition coefficient (Wildman–Crippen LogP) is 3.43. The lowest BCUT2D eigenvalue weighted by Gasteiger charge is -2.28. The topological polar surface area (TPSA) is 35.5 Å². The minimum absolute atomic E-state index is 0.0671. The summed E-state index contributed by atoms with van der Waals surface area (Å²) >= 11 is 0. The Morgan fingerprint density at radius 3 is 2.78 bits per heavy atom. The first-order chi connectivity index (χ1) is 8.70. The maximum absolute atomic E-state index is 12.0. The van der Waals surface area contributed by atoms with E-state index in [0.717, 1.165) is 19.3 Å². The molecule has 0 saturated heterocycles. The summed E-state index contributed by atoms with van der Waals surface area (Å²) in [6.07, 6.45) is 4.60. The molecule has 98 valence electrons. The van der Waals surface area contributed by atoms with Gasteiger partial charge < -0.3 is 9.47 Å². The summed E-state index contributed by atoms with van der Waals surface area (Å²) < 4.78 is 10.7. The summed E-state index contributed by atoms with van der Waals surface area (Å²) in [5.74, 6) is 0.905. The van der Waals surface area contributed by atoms with Crippen molar-refractivity contribution in [1.29, 1.82) is 0 Å². The molecular weight excluding hydrogens is 228 g/mol. The summed E-state index contributed by atoms with van der Waals surface area (Å²) in [7, 11) is 1.59. The summed E-state index contributed by atoms with van der Waals surface area (Å²) in [6.45, 7) is 2.16. The SMILES string of the molecule is COc1cccc(C(=O)O[C@@H]2CCCC[C@@H]2C)c1. The number of ether oxygens (including phenoxy) is 2. The molecule has 0 bridgehead atoms. The first-order valence-corrected chi connectivity index (χ1v) is 6.55. The number of hydrogen-bond donors (Lipinski definition) is 0. The third-order valence-electron chi connectivity index (χ3n) is 3.60. The normalized spacial score (nSPS) is 23.4. The smallest absolute Gasteiger partial charge is 0.338 e. The van der Waals surface area contributed by atoms with Crippen molar-refractivity contribution in [2.24, 2.45) is 5.92 Å². The Hall–Kier alpha value is -1.51. The van der Waals surface area contributed by atoms with Gasteiger partial charge in [-0.15, -0.1) is 0 Å². The third kappa shape index (κ3) is 3.03. The first kappa shape index (κ1) is 12.9. The van der Waals surface area contributed by atoms with Crippen LogP contribution in [0.25, 0.3) is 0 Å². The maximum atomic E-state index is 12.0. The zero-order valence-electron chi connectivity index (χ0n) is 11.0. The predicted molar refractivity (Wildman–Crippen MR) is 69.8 cm³/mol. The van der Waals surface area contributed by atoms with Gasteiger partial charge in [0.1, 0.15) is 11.9 Å². The number of carbonyl (C=O) groups is 1. The molecule has 0 aromatic heterocycles. The molecule has 1 aromatic rings. The molecule has 1 saturated carbocycles. The van der Waals surface area contributed by atoms with E-state index in [9.17, 15) is 4.79 Å². The van der Waals surface area contributed by atoms with Gasteiger partial charge >= 0.3 is 5.97 Å². The monoisotopic (exact) mass is 248 g/mol. The van der Waals surface area contributed by atoms with Gasteiger partial charge in [-0.2, -0.15) is 0 Å². The highest BCUT2D eigenvalue weighted by Crippen LogP contribution is 2.27. The van der Waals surface area contributed by atoms with Crippen LogP contribution in [0, 0.1) is 5.92 Å². The number of esters is 1. The van der Waals surface area contributed by atoms with Crippen LogP contribution in [0.2, 0.25) is 0 Å². The largest absolute Gasteiger partial charge is 0.497 e. The second-order valence-electron chi connectivity index (χ2n) is 4.94. The molecule has 3 heteroatoms. The van der Waals surface area contributed by atoms with E-state index >= 15 is 0 Å². The molecule has 1 fully saturated rings. The highest BCUT2D eigenvalue weighted by molar-refractivity contribution is 5.90. The number of rotatable bonds is 3. The van der Waals surface area contributed by atoms with Gasteiger partial charge in [0.05, 0.1) is 12.7 Å². The van der Waals surface area contributed by atoms with Crippen molar-refractivity contribution in [1.82, 2.24) is 0 Å². The average Bonchev–Trinajstić information content (AvgIpc) is 2.41. The molecular formula is C15H20O3. The standard InChI is InChI=1S/C15H20O3/c1-11-6-3-4-9-14(11)18-15(16)12-7-5-8-13(10-12)17-2/h5,7-8,10-11,14H,3-4,6,9H2,1-2H3/t11-,14+/m0/s1. The average molecular weight is 248 g/mol. The molecule has 1 aliphatic carbocycles. The Balaban J connectivity index is 2.02. The second kappa shape index (κ2) is 5.89.